The van der Waals surface area contributed by atoms with Gasteiger partial charge in [0.05, 0.1) is 15.6 Å². The van der Waals surface area contributed by atoms with Gasteiger partial charge in [-0.05, 0) is 19.1 Å². The van der Waals surface area contributed by atoms with Gasteiger partial charge in [0.1, 0.15) is 4.90 Å². The largest absolute Gasteiger partial charge is 0.280 e. The molecule has 0 spiro atoms. The van der Waals surface area contributed by atoms with E-state index in [9.17, 15) is 8.42 Å². The summed E-state index contributed by atoms with van der Waals surface area (Å²) in [4.78, 5) is -0.0136. The fraction of sp³-hybridized carbons (Fsp3) is 0.100. The SMILES string of the molecule is Cc1[nH]nc(Cl)c1S(=O)(=O)c1ccccc1Cl. The monoisotopic (exact) mass is 290 g/mol. The van der Waals surface area contributed by atoms with Gasteiger partial charge in [0, 0.05) is 0 Å². The zero-order chi connectivity index (χ0) is 12.6. The molecule has 17 heavy (non-hydrogen) atoms. The van der Waals surface area contributed by atoms with Crippen molar-refractivity contribution < 1.29 is 8.42 Å². The lowest BCUT2D eigenvalue weighted by Crippen LogP contribution is -2.04. The summed E-state index contributed by atoms with van der Waals surface area (Å²) in [5.74, 6) is 0. The summed E-state index contributed by atoms with van der Waals surface area (Å²) < 4.78 is 24.7. The minimum Gasteiger partial charge on any atom is -0.280 e. The summed E-state index contributed by atoms with van der Waals surface area (Å²) >= 11 is 11.6. The molecular formula is C10H8Cl2N2O2S. The van der Waals surface area contributed by atoms with Gasteiger partial charge >= 0.3 is 0 Å². The molecule has 0 aliphatic heterocycles. The number of rotatable bonds is 2. The van der Waals surface area contributed by atoms with Crippen molar-refractivity contribution in [3.05, 3.63) is 40.1 Å². The van der Waals surface area contributed by atoms with Gasteiger partial charge in [-0.2, -0.15) is 5.10 Å². The lowest BCUT2D eigenvalue weighted by molar-refractivity contribution is 0.595. The molecule has 0 radical (unpaired) electrons. The van der Waals surface area contributed by atoms with Crippen molar-refractivity contribution in [1.29, 1.82) is 0 Å². The minimum absolute atomic E-state index is 0.0214. The highest BCUT2D eigenvalue weighted by Crippen LogP contribution is 2.32. The number of hydrogen-bond donors (Lipinski definition) is 1. The summed E-state index contributed by atoms with van der Waals surface area (Å²) in [7, 11) is -3.75. The van der Waals surface area contributed by atoms with Crippen LogP contribution in [0.5, 0.6) is 0 Å². The van der Waals surface area contributed by atoms with Gasteiger partial charge in [-0.25, -0.2) is 8.42 Å². The van der Waals surface area contributed by atoms with E-state index in [-0.39, 0.29) is 20.0 Å². The molecule has 90 valence electrons. The van der Waals surface area contributed by atoms with E-state index in [2.05, 4.69) is 10.2 Å². The van der Waals surface area contributed by atoms with Crippen LogP contribution in [0.15, 0.2) is 34.1 Å². The molecule has 0 aliphatic rings. The number of halogens is 2. The zero-order valence-electron chi connectivity index (χ0n) is 8.74. The molecule has 1 aromatic carbocycles. The first-order valence-corrected chi connectivity index (χ1v) is 6.88. The summed E-state index contributed by atoms with van der Waals surface area (Å²) in [6.07, 6.45) is 0. The van der Waals surface area contributed by atoms with Crippen LogP contribution >= 0.6 is 23.2 Å². The van der Waals surface area contributed by atoms with E-state index in [0.717, 1.165) is 0 Å². The lowest BCUT2D eigenvalue weighted by Gasteiger charge is -2.05. The molecule has 0 saturated carbocycles. The van der Waals surface area contributed by atoms with Crippen LogP contribution in [-0.2, 0) is 9.84 Å². The summed E-state index contributed by atoms with van der Waals surface area (Å²) in [5.41, 5.74) is 0.384. The van der Waals surface area contributed by atoms with Crippen LogP contribution in [-0.4, -0.2) is 18.6 Å². The molecule has 1 N–H and O–H groups in total. The second-order valence-corrected chi connectivity index (χ2v) is 6.02. The van der Waals surface area contributed by atoms with Crippen molar-refractivity contribution >= 4 is 33.0 Å². The van der Waals surface area contributed by atoms with Gasteiger partial charge < -0.3 is 0 Å². The first-order valence-electron chi connectivity index (χ1n) is 4.64. The molecule has 0 saturated heterocycles. The Labute approximate surface area is 108 Å². The summed E-state index contributed by atoms with van der Waals surface area (Å²) in [6, 6.07) is 6.20. The molecule has 1 aromatic heterocycles. The average molecular weight is 291 g/mol. The molecule has 2 rings (SSSR count). The first kappa shape index (κ1) is 12.4. The predicted molar refractivity (Wildman–Crippen MR) is 65.2 cm³/mol. The Morgan fingerprint density at radius 3 is 2.41 bits per heavy atom. The molecule has 0 bridgehead atoms. The van der Waals surface area contributed by atoms with E-state index in [1.807, 2.05) is 0 Å². The van der Waals surface area contributed by atoms with Crippen LogP contribution in [0.4, 0.5) is 0 Å². The third kappa shape index (κ3) is 2.06. The van der Waals surface area contributed by atoms with Crippen LogP contribution < -0.4 is 0 Å². The molecule has 0 unspecified atom stereocenters. The quantitative estimate of drug-likeness (QED) is 0.925. The Morgan fingerprint density at radius 1 is 1.24 bits per heavy atom. The lowest BCUT2D eigenvalue weighted by atomic mass is 10.4. The predicted octanol–water partition coefficient (Wildman–Crippen LogP) is 2.86. The van der Waals surface area contributed by atoms with Gasteiger partial charge in [0.25, 0.3) is 0 Å². The number of hydrogen-bond acceptors (Lipinski definition) is 3. The highest BCUT2D eigenvalue weighted by atomic mass is 35.5. The van der Waals surface area contributed by atoms with Crippen LogP contribution in [0.1, 0.15) is 5.69 Å². The normalized spacial score (nSPS) is 11.7. The fourth-order valence-electron chi connectivity index (χ4n) is 1.47. The van der Waals surface area contributed by atoms with Gasteiger partial charge in [0.15, 0.2) is 5.15 Å². The molecule has 2 aromatic rings. The van der Waals surface area contributed by atoms with Crippen molar-refractivity contribution in [2.24, 2.45) is 0 Å². The number of H-pyrrole nitrogens is 1. The Hall–Kier alpha value is -1.04. The van der Waals surface area contributed by atoms with Crippen LogP contribution in [0.25, 0.3) is 0 Å². The first-order chi connectivity index (χ1) is 7.94. The van der Waals surface area contributed by atoms with E-state index in [4.69, 9.17) is 23.2 Å². The Morgan fingerprint density at radius 2 is 1.88 bits per heavy atom. The number of sulfone groups is 1. The molecule has 0 amide bonds. The van der Waals surface area contributed by atoms with Gasteiger partial charge in [0.2, 0.25) is 9.84 Å². The summed E-state index contributed by atoms with van der Waals surface area (Å²) in [5, 5.41) is 6.26. The van der Waals surface area contributed by atoms with Crippen LogP contribution in [0, 0.1) is 6.92 Å². The molecule has 1 heterocycles. The van der Waals surface area contributed by atoms with E-state index in [1.54, 1.807) is 19.1 Å². The second-order valence-electron chi connectivity index (χ2n) is 3.40. The Balaban J connectivity index is 2.71. The van der Waals surface area contributed by atoms with Crippen molar-refractivity contribution in [2.75, 3.05) is 0 Å². The van der Waals surface area contributed by atoms with Crippen molar-refractivity contribution in [1.82, 2.24) is 10.2 Å². The smallest absolute Gasteiger partial charge is 0.212 e. The van der Waals surface area contributed by atoms with Crippen molar-refractivity contribution in [3.8, 4) is 0 Å². The summed E-state index contributed by atoms with van der Waals surface area (Å²) in [6.45, 7) is 1.59. The van der Waals surface area contributed by atoms with Crippen LogP contribution in [0.3, 0.4) is 0 Å². The number of aromatic nitrogens is 2. The van der Waals surface area contributed by atoms with Gasteiger partial charge in [-0.3, -0.25) is 5.10 Å². The van der Waals surface area contributed by atoms with Crippen LogP contribution in [0.2, 0.25) is 10.2 Å². The number of nitrogens with zero attached hydrogens (tertiary/aromatic N) is 1. The number of nitrogens with one attached hydrogen (secondary N) is 1. The third-order valence-corrected chi connectivity index (χ3v) is 5.04. The minimum atomic E-state index is -3.75. The van der Waals surface area contributed by atoms with Gasteiger partial charge in [-0.15, -0.1) is 0 Å². The standard InChI is InChI=1S/C10H8Cl2N2O2S/c1-6-9(10(12)14-13-6)17(15,16)8-5-3-2-4-7(8)11/h2-5H,1H3,(H,13,14). The number of benzene rings is 1. The number of aryl methyl sites for hydroxylation is 1. The third-order valence-electron chi connectivity index (χ3n) is 2.24. The maximum atomic E-state index is 12.3. The maximum Gasteiger partial charge on any atom is 0.212 e. The molecule has 0 atom stereocenters. The van der Waals surface area contributed by atoms with E-state index in [0.29, 0.717) is 5.69 Å². The van der Waals surface area contributed by atoms with Crippen molar-refractivity contribution in [2.45, 2.75) is 16.7 Å². The number of aromatic amines is 1. The topological polar surface area (TPSA) is 62.8 Å². The average Bonchev–Trinajstić information content (AvgIpc) is 2.59. The van der Waals surface area contributed by atoms with E-state index >= 15 is 0 Å². The van der Waals surface area contributed by atoms with Gasteiger partial charge in [-0.1, -0.05) is 35.3 Å². The Bertz CT molecular complexity index is 645. The molecule has 0 aliphatic carbocycles. The highest BCUT2D eigenvalue weighted by molar-refractivity contribution is 7.91. The maximum absolute atomic E-state index is 12.3. The highest BCUT2D eigenvalue weighted by Gasteiger charge is 2.27. The van der Waals surface area contributed by atoms with E-state index in [1.165, 1.54) is 12.1 Å². The van der Waals surface area contributed by atoms with Crippen molar-refractivity contribution in [3.63, 3.8) is 0 Å². The van der Waals surface area contributed by atoms with E-state index < -0.39 is 9.84 Å². The molecule has 4 nitrogen and oxygen atoms in total. The zero-order valence-corrected chi connectivity index (χ0v) is 11.1. The molecular weight excluding hydrogens is 283 g/mol. The fourth-order valence-corrected chi connectivity index (χ4v) is 3.92. The molecule has 0 fully saturated rings. The molecule has 7 heteroatoms. The Kier molecular flexibility index (Phi) is 3.16. The second kappa shape index (κ2) is 4.33.